The van der Waals surface area contributed by atoms with Gasteiger partial charge in [0.2, 0.25) is 0 Å². The van der Waals surface area contributed by atoms with Crippen LogP contribution in [0.2, 0.25) is 0 Å². The van der Waals surface area contributed by atoms with Crippen molar-refractivity contribution >= 4 is 17.4 Å². The van der Waals surface area contributed by atoms with E-state index in [9.17, 15) is 4.79 Å². The Labute approximate surface area is 112 Å². The van der Waals surface area contributed by atoms with Gasteiger partial charge in [-0.15, -0.1) is 11.3 Å². The molecule has 0 saturated heterocycles. The molecule has 0 aliphatic carbocycles. The molecule has 3 N–H and O–H groups in total. The van der Waals surface area contributed by atoms with Gasteiger partial charge in [-0.1, -0.05) is 19.4 Å². The maximum Gasteiger partial charge on any atom is 0.315 e. The van der Waals surface area contributed by atoms with Crippen LogP contribution in [0.4, 0.5) is 4.79 Å². The zero-order valence-electron chi connectivity index (χ0n) is 10.8. The summed E-state index contributed by atoms with van der Waals surface area (Å²) < 4.78 is 0. The van der Waals surface area contributed by atoms with Crippen LogP contribution in [0.3, 0.4) is 0 Å². The summed E-state index contributed by atoms with van der Waals surface area (Å²) in [5.41, 5.74) is 0. The second kappa shape index (κ2) is 8.94. The summed E-state index contributed by atoms with van der Waals surface area (Å²) in [7, 11) is 0. The van der Waals surface area contributed by atoms with E-state index in [2.05, 4.69) is 17.6 Å². The molecule has 2 amide bonds. The topological polar surface area (TPSA) is 61.4 Å². The Morgan fingerprint density at radius 3 is 2.89 bits per heavy atom. The van der Waals surface area contributed by atoms with Gasteiger partial charge in [0, 0.05) is 18.0 Å². The smallest absolute Gasteiger partial charge is 0.315 e. The number of hydrogen-bond acceptors (Lipinski definition) is 3. The van der Waals surface area contributed by atoms with E-state index in [1.165, 1.54) is 0 Å². The van der Waals surface area contributed by atoms with Crippen molar-refractivity contribution in [2.45, 2.75) is 32.7 Å². The fourth-order valence-electron chi connectivity index (χ4n) is 1.82. The Balaban J connectivity index is 2.18. The van der Waals surface area contributed by atoms with Crippen molar-refractivity contribution in [3.05, 3.63) is 22.4 Å². The average Bonchev–Trinajstić information content (AvgIpc) is 2.87. The number of urea groups is 1. The number of carbonyl (C=O) groups excluding carboxylic acids is 1. The molecule has 1 rings (SSSR count). The molecule has 0 fully saturated rings. The van der Waals surface area contributed by atoms with Gasteiger partial charge < -0.3 is 15.7 Å². The Morgan fingerprint density at radius 2 is 2.28 bits per heavy atom. The van der Waals surface area contributed by atoms with Crippen LogP contribution in [0.15, 0.2) is 17.5 Å². The standard InChI is InChI=1S/C13H22N2O2S/c1-2-4-11(6-7-16)9-14-13(17)15-10-12-5-3-8-18-12/h3,5,8,11,16H,2,4,6-7,9-10H2,1H3,(H2,14,15,17). The van der Waals surface area contributed by atoms with Crippen molar-refractivity contribution in [2.75, 3.05) is 13.2 Å². The summed E-state index contributed by atoms with van der Waals surface area (Å²) in [6, 6.07) is 3.83. The largest absolute Gasteiger partial charge is 0.396 e. The first kappa shape index (κ1) is 15.0. The molecule has 1 unspecified atom stereocenters. The van der Waals surface area contributed by atoms with Crippen LogP contribution in [0.1, 0.15) is 31.1 Å². The summed E-state index contributed by atoms with van der Waals surface area (Å²) in [5.74, 6) is 0.368. The molecule has 0 spiro atoms. The molecule has 102 valence electrons. The highest BCUT2D eigenvalue weighted by Gasteiger charge is 2.09. The first-order valence-electron chi connectivity index (χ1n) is 6.41. The van der Waals surface area contributed by atoms with Crippen LogP contribution in [-0.2, 0) is 6.54 Å². The molecule has 0 aliphatic rings. The van der Waals surface area contributed by atoms with E-state index in [1.807, 2.05) is 17.5 Å². The van der Waals surface area contributed by atoms with Gasteiger partial charge in [0.1, 0.15) is 0 Å². The fourth-order valence-corrected chi connectivity index (χ4v) is 2.46. The monoisotopic (exact) mass is 270 g/mol. The maximum absolute atomic E-state index is 11.6. The molecule has 0 radical (unpaired) electrons. The highest BCUT2D eigenvalue weighted by molar-refractivity contribution is 7.09. The minimum Gasteiger partial charge on any atom is -0.396 e. The van der Waals surface area contributed by atoms with Crippen LogP contribution >= 0.6 is 11.3 Å². The molecule has 0 bridgehead atoms. The van der Waals surface area contributed by atoms with Crippen LogP contribution in [0.5, 0.6) is 0 Å². The average molecular weight is 270 g/mol. The van der Waals surface area contributed by atoms with Crippen molar-refractivity contribution < 1.29 is 9.90 Å². The molecule has 1 atom stereocenters. The quantitative estimate of drug-likeness (QED) is 0.679. The van der Waals surface area contributed by atoms with E-state index in [4.69, 9.17) is 5.11 Å². The van der Waals surface area contributed by atoms with E-state index < -0.39 is 0 Å². The summed E-state index contributed by atoms with van der Waals surface area (Å²) >= 11 is 1.63. The second-order valence-corrected chi connectivity index (χ2v) is 5.34. The molecule has 5 heteroatoms. The number of aliphatic hydroxyl groups is 1. The summed E-state index contributed by atoms with van der Waals surface area (Å²) in [5, 5.41) is 16.6. The predicted molar refractivity (Wildman–Crippen MR) is 74.7 cm³/mol. The van der Waals surface area contributed by atoms with E-state index in [-0.39, 0.29) is 12.6 Å². The van der Waals surface area contributed by atoms with Crippen LogP contribution < -0.4 is 10.6 Å². The van der Waals surface area contributed by atoms with Crippen molar-refractivity contribution in [3.63, 3.8) is 0 Å². The van der Waals surface area contributed by atoms with Crippen molar-refractivity contribution in [1.82, 2.24) is 10.6 Å². The first-order valence-corrected chi connectivity index (χ1v) is 7.29. The van der Waals surface area contributed by atoms with Gasteiger partial charge in [0.15, 0.2) is 0 Å². The van der Waals surface area contributed by atoms with Gasteiger partial charge in [0.05, 0.1) is 6.54 Å². The Morgan fingerprint density at radius 1 is 1.44 bits per heavy atom. The highest BCUT2D eigenvalue weighted by atomic mass is 32.1. The van der Waals surface area contributed by atoms with Crippen molar-refractivity contribution in [2.24, 2.45) is 5.92 Å². The van der Waals surface area contributed by atoms with E-state index in [0.717, 1.165) is 24.1 Å². The number of amides is 2. The zero-order valence-corrected chi connectivity index (χ0v) is 11.6. The summed E-state index contributed by atoms with van der Waals surface area (Å²) in [4.78, 5) is 12.7. The lowest BCUT2D eigenvalue weighted by atomic mass is 10.0. The van der Waals surface area contributed by atoms with Crippen LogP contribution in [-0.4, -0.2) is 24.3 Å². The Bertz CT molecular complexity index is 322. The van der Waals surface area contributed by atoms with Gasteiger partial charge in [-0.25, -0.2) is 4.79 Å². The summed E-state index contributed by atoms with van der Waals surface area (Å²) in [6.07, 6.45) is 2.86. The molecular formula is C13H22N2O2S. The lowest BCUT2D eigenvalue weighted by Crippen LogP contribution is -2.37. The number of hydrogen-bond donors (Lipinski definition) is 3. The van der Waals surface area contributed by atoms with Gasteiger partial charge in [-0.05, 0) is 30.2 Å². The lowest BCUT2D eigenvalue weighted by molar-refractivity contribution is 0.229. The predicted octanol–water partition coefficient (Wildman–Crippen LogP) is 2.35. The van der Waals surface area contributed by atoms with Crippen LogP contribution in [0, 0.1) is 5.92 Å². The third kappa shape index (κ3) is 6.02. The minimum atomic E-state index is -0.137. The molecule has 1 aromatic heterocycles. The summed E-state index contributed by atoms with van der Waals surface area (Å²) in [6.45, 7) is 3.50. The highest BCUT2D eigenvalue weighted by Crippen LogP contribution is 2.09. The molecule has 1 heterocycles. The number of aliphatic hydroxyl groups excluding tert-OH is 1. The Hall–Kier alpha value is -1.07. The van der Waals surface area contributed by atoms with E-state index in [0.29, 0.717) is 19.0 Å². The molecule has 0 aromatic carbocycles. The molecular weight excluding hydrogens is 248 g/mol. The number of carbonyl (C=O) groups is 1. The maximum atomic E-state index is 11.6. The lowest BCUT2D eigenvalue weighted by Gasteiger charge is -2.15. The minimum absolute atomic E-state index is 0.137. The third-order valence-corrected chi connectivity index (χ3v) is 3.67. The third-order valence-electron chi connectivity index (χ3n) is 2.79. The van der Waals surface area contributed by atoms with Gasteiger partial charge >= 0.3 is 6.03 Å². The van der Waals surface area contributed by atoms with Crippen molar-refractivity contribution in [1.29, 1.82) is 0 Å². The van der Waals surface area contributed by atoms with Gasteiger partial charge in [0.25, 0.3) is 0 Å². The molecule has 4 nitrogen and oxygen atoms in total. The first-order chi connectivity index (χ1) is 8.76. The SMILES string of the molecule is CCCC(CCO)CNC(=O)NCc1cccs1. The zero-order chi connectivity index (χ0) is 13.2. The van der Waals surface area contributed by atoms with E-state index in [1.54, 1.807) is 11.3 Å². The van der Waals surface area contributed by atoms with Crippen molar-refractivity contribution in [3.8, 4) is 0 Å². The number of rotatable bonds is 8. The number of thiophene rings is 1. The van der Waals surface area contributed by atoms with Gasteiger partial charge in [-0.3, -0.25) is 0 Å². The fraction of sp³-hybridized carbons (Fsp3) is 0.615. The van der Waals surface area contributed by atoms with Crippen LogP contribution in [0.25, 0.3) is 0 Å². The molecule has 0 saturated carbocycles. The molecule has 1 aromatic rings. The number of nitrogens with one attached hydrogen (secondary N) is 2. The molecule has 18 heavy (non-hydrogen) atoms. The second-order valence-electron chi connectivity index (χ2n) is 4.31. The molecule has 0 aliphatic heterocycles. The van der Waals surface area contributed by atoms with Gasteiger partial charge in [-0.2, -0.15) is 0 Å². The normalized spacial score (nSPS) is 12.1. The van der Waals surface area contributed by atoms with E-state index >= 15 is 0 Å². The Kier molecular flexibility index (Phi) is 7.44.